The van der Waals surface area contributed by atoms with Crippen molar-refractivity contribution >= 4 is 34.8 Å². The minimum Gasteiger partial charge on any atom is -0.390 e. The van der Waals surface area contributed by atoms with E-state index < -0.39 is 16.2 Å². The van der Waals surface area contributed by atoms with Gasteiger partial charge in [-0.1, -0.05) is 52.1 Å². The summed E-state index contributed by atoms with van der Waals surface area (Å²) in [6.45, 7) is -0.461. The fraction of sp³-hybridized carbons (Fsp3) is 0.200. The number of nitrogens with zero attached hydrogens (tertiary/aromatic N) is 3. The van der Waals surface area contributed by atoms with E-state index >= 15 is 0 Å². The zero-order valence-electron chi connectivity index (χ0n) is 8.82. The predicted octanol–water partition coefficient (Wildman–Crippen LogP) is 2.73. The monoisotopic (exact) mass is 309 g/mol. The molecule has 0 aliphatic heterocycles. The van der Waals surface area contributed by atoms with Crippen LogP contribution in [-0.4, -0.2) is 20.1 Å². The van der Waals surface area contributed by atoms with Crippen LogP contribution in [0.5, 0.6) is 0 Å². The number of para-hydroxylation sites is 1. The summed E-state index contributed by atoms with van der Waals surface area (Å²) >= 11 is 17.4. The van der Waals surface area contributed by atoms with Gasteiger partial charge in [0.15, 0.2) is 0 Å². The van der Waals surface area contributed by atoms with E-state index in [2.05, 4.69) is 10.3 Å². The second-order valence-corrected chi connectivity index (χ2v) is 5.69. The van der Waals surface area contributed by atoms with Gasteiger partial charge in [-0.15, -0.1) is 5.10 Å². The third-order valence-electron chi connectivity index (χ3n) is 2.24. The summed E-state index contributed by atoms with van der Waals surface area (Å²) in [6.07, 6.45) is 0. The summed E-state index contributed by atoms with van der Waals surface area (Å²) in [5, 5.41) is 16.5. The summed E-state index contributed by atoms with van der Waals surface area (Å²) in [5.74, 6) is -0.539. The highest BCUT2D eigenvalue weighted by Gasteiger charge is 2.33. The van der Waals surface area contributed by atoms with Crippen LogP contribution < -0.4 is 0 Å². The van der Waals surface area contributed by atoms with Crippen LogP contribution in [-0.2, 0) is 10.4 Å². The molecule has 1 aromatic carbocycles. The highest BCUT2D eigenvalue weighted by Crippen LogP contribution is 2.40. The molecule has 18 heavy (non-hydrogen) atoms. The van der Waals surface area contributed by atoms with Crippen molar-refractivity contribution in [3.05, 3.63) is 41.5 Å². The summed E-state index contributed by atoms with van der Waals surface area (Å²) in [6, 6.07) is 5.85. The molecule has 1 N–H and O–H groups in total. The van der Waals surface area contributed by atoms with Crippen molar-refractivity contribution in [1.82, 2.24) is 15.0 Å². The quantitative estimate of drug-likeness (QED) is 0.868. The lowest BCUT2D eigenvalue weighted by molar-refractivity contribution is 0.275. The SMILES string of the molecule is OCc1nnn(-c2ccccc2F)c1C(Cl)(Cl)Cl. The molecule has 0 amide bonds. The van der Waals surface area contributed by atoms with Crippen LogP contribution in [0.2, 0.25) is 0 Å². The Morgan fingerprint density at radius 2 is 1.94 bits per heavy atom. The number of benzene rings is 1. The fourth-order valence-electron chi connectivity index (χ4n) is 1.50. The van der Waals surface area contributed by atoms with Gasteiger partial charge in [0, 0.05) is 0 Å². The Bertz CT molecular complexity index is 568. The number of alkyl halides is 3. The molecule has 0 aliphatic rings. The van der Waals surface area contributed by atoms with Gasteiger partial charge < -0.3 is 5.11 Å². The average molecular weight is 311 g/mol. The van der Waals surface area contributed by atoms with Crippen molar-refractivity contribution in [3.63, 3.8) is 0 Å². The minimum absolute atomic E-state index is 0.0140. The van der Waals surface area contributed by atoms with Crippen LogP contribution in [0.15, 0.2) is 24.3 Å². The second kappa shape index (κ2) is 5.01. The first-order chi connectivity index (χ1) is 8.45. The lowest BCUT2D eigenvalue weighted by atomic mass is 10.3. The molecule has 0 radical (unpaired) electrons. The smallest absolute Gasteiger partial charge is 0.234 e. The summed E-state index contributed by atoms with van der Waals surface area (Å²) in [7, 11) is 0. The lowest BCUT2D eigenvalue weighted by Crippen LogP contribution is -2.13. The van der Waals surface area contributed by atoms with Crippen molar-refractivity contribution in [1.29, 1.82) is 0 Å². The number of aromatic nitrogens is 3. The molecule has 0 atom stereocenters. The first-order valence-corrected chi connectivity index (χ1v) is 5.96. The van der Waals surface area contributed by atoms with Gasteiger partial charge in [0.2, 0.25) is 3.79 Å². The maximum atomic E-state index is 13.7. The summed E-state index contributed by atoms with van der Waals surface area (Å²) in [4.78, 5) is 0. The van der Waals surface area contributed by atoms with E-state index in [0.29, 0.717) is 0 Å². The van der Waals surface area contributed by atoms with Crippen LogP contribution >= 0.6 is 34.8 Å². The van der Waals surface area contributed by atoms with Gasteiger partial charge in [-0.25, -0.2) is 9.07 Å². The molecule has 0 spiro atoms. The zero-order valence-corrected chi connectivity index (χ0v) is 11.1. The molecule has 1 aromatic heterocycles. The summed E-state index contributed by atoms with van der Waals surface area (Å²) < 4.78 is 12.9. The van der Waals surface area contributed by atoms with Crippen LogP contribution in [0.1, 0.15) is 11.4 Å². The molecular weight excluding hydrogens is 303 g/mol. The number of hydrogen-bond donors (Lipinski definition) is 1. The molecule has 0 fully saturated rings. The summed E-state index contributed by atoms with van der Waals surface area (Å²) in [5.41, 5.74) is 0.185. The maximum absolute atomic E-state index is 13.7. The van der Waals surface area contributed by atoms with Gasteiger partial charge in [0.25, 0.3) is 0 Å². The van der Waals surface area contributed by atoms with E-state index in [4.69, 9.17) is 39.9 Å². The zero-order chi connectivity index (χ0) is 13.3. The molecule has 4 nitrogen and oxygen atoms in total. The molecule has 2 aromatic rings. The number of rotatable bonds is 2. The van der Waals surface area contributed by atoms with Gasteiger partial charge in [0.1, 0.15) is 22.9 Å². The lowest BCUT2D eigenvalue weighted by Gasteiger charge is -2.14. The standard InChI is InChI=1S/C10H7Cl3FN3O/c11-10(12,13)9-7(5-18)15-16-17(9)8-4-2-1-3-6(8)14/h1-4,18H,5H2. The van der Waals surface area contributed by atoms with Crippen molar-refractivity contribution in [2.24, 2.45) is 0 Å². The van der Waals surface area contributed by atoms with E-state index in [9.17, 15) is 4.39 Å². The normalized spacial score (nSPS) is 11.8. The molecule has 1 heterocycles. The third-order valence-corrected chi connectivity index (χ3v) is 2.78. The third kappa shape index (κ3) is 2.44. The van der Waals surface area contributed by atoms with E-state index in [1.165, 1.54) is 18.2 Å². The van der Waals surface area contributed by atoms with Crippen molar-refractivity contribution in [2.75, 3.05) is 0 Å². The number of aliphatic hydroxyl groups excluding tert-OH is 1. The molecule has 8 heteroatoms. The highest BCUT2D eigenvalue weighted by molar-refractivity contribution is 6.66. The number of hydrogen-bond acceptors (Lipinski definition) is 3. The van der Waals surface area contributed by atoms with Gasteiger partial charge in [-0.2, -0.15) is 0 Å². The minimum atomic E-state index is -1.87. The Kier molecular flexibility index (Phi) is 3.77. The Balaban J connectivity index is 2.66. The second-order valence-electron chi connectivity index (χ2n) is 3.40. The molecule has 2 rings (SSSR count). The maximum Gasteiger partial charge on any atom is 0.234 e. The predicted molar refractivity (Wildman–Crippen MR) is 66.5 cm³/mol. The molecule has 0 saturated heterocycles. The number of aliphatic hydroxyl groups is 1. The van der Waals surface area contributed by atoms with Crippen LogP contribution in [0, 0.1) is 5.82 Å². The molecule has 0 saturated carbocycles. The Labute approximate surface area is 117 Å². The Morgan fingerprint density at radius 3 is 2.50 bits per heavy atom. The molecule has 96 valence electrons. The van der Waals surface area contributed by atoms with Crippen LogP contribution in [0.4, 0.5) is 4.39 Å². The topological polar surface area (TPSA) is 50.9 Å². The van der Waals surface area contributed by atoms with Gasteiger partial charge in [0.05, 0.1) is 6.61 Å². The fourth-order valence-corrected chi connectivity index (χ4v) is 2.06. The van der Waals surface area contributed by atoms with Gasteiger partial charge >= 0.3 is 0 Å². The van der Waals surface area contributed by atoms with Crippen LogP contribution in [0.3, 0.4) is 0 Å². The molecule has 0 aliphatic carbocycles. The largest absolute Gasteiger partial charge is 0.390 e. The van der Waals surface area contributed by atoms with Gasteiger partial charge in [-0.3, -0.25) is 0 Å². The van der Waals surface area contributed by atoms with Crippen molar-refractivity contribution < 1.29 is 9.50 Å². The Hall–Kier alpha value is -0.880. The average Bonchev–Trinajstić information content (AvgIpc) is 2.73. The van der Waals surface area contributed by atoms with E-state index in [1.54, 1.807) is 6.07 Å². The highest BCUT2D eigenvalue weighted by atomic mass is 35.6. The van der Waals surface area contributed by atoms with Crippen molar-refractivity contribution in [2.45, 2.75) is 10.4 Å². The van der Waals surface area contributed by atoms with E-state index in [0.717, 1.165) is 4.68 Å². The van der Waals surface area contributed by atoms with E-state index in [-0.39, 0.29) is 17.1 Å². The number of halogens is 4. The van der Waals surface area contributed by atoms with Gasteiger partial charge in [-0.05, 0) is 12.1 Å². The van der Waals surface area contributed by atoms with Crippen molar-refractivity contribution in [3.8, 4) is 5.69 Å². The van der Waals surface area contributed by atoms with Crippen LogP contribution in [0.25, 0.3) is 5.69 Å². The van der Waals surface area contributed by atoms with E-state index in [1.807, 2.05) is 0 Å². The first-order valence-electron chi connectivity index (χ1n) is 4.82. The molecular formula is C10H7Cl3FN3O. The first kappa shape index (κ1) is 13.5. The molecule has 0 bridgehead atoms. The molecule has 0 unspecified atom stereocenters. The Morgan fingerprint density at radius 1 is 1.28 bits per heavy atom.